The molecular weight excluding hydrogens is 692 g/mol. The monoisotopic (exact) mass is 758 g/mol. The van der Waals surface area contributed by atoms with E-state index < -0.39 is 103 Å². The largest absolute Gasteiger partial charge is 0.394 e. The van der Waals surface area contributed by atoms with Crippen LogP contribution in [0.5, 0.6) is 0 Å². The van der Waals surface area contributed by atoms with Gasteiger partial charge in [0, 0.05) is 19.4 Å². The van der Waals surface area contributed by atoms with Crippen molar-refractivity contribution in [3.05, 3.63) is 11.6 Å². The molecule has 9 N–H and O–H groups in total. The zero-order valence-corrected chi connectivity index (χ0v) is 32.1. The summed E-state index contributed by atoms with van der Waals surface area (Å²) in [5, 5.41) is 98.5. The maximum atomic E-state index is 12.8. The topological polar surface area (TPSA) is 228 Å². The lowest BCUT2D eigenvalue weighted by Gasteiger charge is -2.64. The van der Waals surface area contributed by atoms with Gasteiger partial charge in [-0.3, -0.25) is 0 Å². The normalized spacial score (nSPS) is 51.0. The summed E-state index contributed by atoms with van der Waals surface area (Å²) in [6.07, 6.45) is -6.21. The summed E-state index contributed by atoms with van der Waals surface area (Å²) < 4.78 is 28.7. The van der Waals surface area contributed by atoms with Gasteiger partial charge < -0.3 is 69.6 Å². The van der Waals surface area contributed by atoms with E-state index in [0.29, 0.717) is 25.7 Å². The molecule has 2 aliphatic heterocycles. The highest BCUT2D eigenvalue weighted by Gasteiger charge is 2.72. The van der Waals surface area contributed by atoms with Gasteiger partial charge in [-0.25, -0.2) is 0 Å². The Labute approximate surface area is 313 Å². The van der Waals surface area contributed by atoms with E-state index in [1.54, 1.807) is 0 Å². The molecule has 0 spiro atoms. The van der Waals surface area contributed by atoms with Crippen LogP contribution in [0.1, 0.15) is 79.6 Å². The SMILES string of the molecule is COC1C(OC2C=C3C(O)CC4(O)C(CCC5(C)C(C(C)CCC(COC6OC(CO)C(O)C6O)C(C)C)C(O)C(O)C54)C3(C)CC2)OCC(O)C1O. The Hall–Kier alpha value is -0.820. The van der Waals surface area contributed by atoms with E-state index in [4.69, 9.17) is 23.7 Å². The third-order valence-electron chi connectivity index (χ3n) is 14.8. The third kappa shape index (κ3) is 7.19. The third-order valence-corrected chi connectivity index (χ3v) is 14.8. The minimum Gasteiger partial charge on any atom is -0.394 e. The number of aliphatic hydroxyl groups excluding tert-OH is 8. The Morgan fingerprint density at radius 3 is 2.25 bits per heavy atom. The van der Waals surface area contributed by atoms with Gasteiger partial charge in [0.2, 0.25) is 0 Å². The second kappa shape index (κ2) is 15.8. The first-order valence-electron chi connectivity index (χ1n) is 19.8. The lowest BCUT2D eigenvalue weighted by atomic mass is 9.43. The van der Waals surface area contributed by atoms with Gasteiger partial charge in [-0.15, -0.1) is 0 Å². The van der Waals surface area contributed by atoms with E-state index in [0.717, 1.165) is 18.4 Å². The van der Waals surface area contributed by atoms with Crippen molar-refractivity contribution in [1.29, 1.82) is 0 Å². The van der Waals surface area contributed by atoms with Crippen molar-refractivity contribution in [3.8, 4) is 0 Å². The number of fused-ring (bicyclic) bond motifs is 5. The maximum Gasteiger partial charge on any atom is 0.187 e. The molecular formula is C39H66O14. The van der Waals surface area contributed by atoms with Crippen molar-refractivity contribution in [2.45, 2.75) is 159 Å². The van der Waals surface area contributed by atoms with Crippen LogP contribution in [0.4, 0.5) is 0 Å². The van der Waals surface area contributed by atoms with Crippen LogP contribution in [0.3, 0.4) is 0 Å². The summed E-state index contributed by atoms with van der Waals surface area (Å²) >= 11 is 0. The summed E-state index contributed by atoms with van der Waals surface area (Å²) in [5.41, 5.74) is -1.82. The van der Waals surface area contributed by atoms with Crippen LogP contribution in [0, 0.1) is 46.3 Å². The summed E-state index contributed by atoms with van der Waals surface area (Å²) in [6.45, 7) is 10.2. The van der Waals surface area contributed by atoms with E-state index >= 15 is 0 Å². The first-order valence-corrected chi connectivity index (χ1v) is 19.8. The van der Waals surface area contributed by atoms with Crippen molar-refractivity contribution >= 4 is 0 Å². The number of rotatable bonds is 12. The quantitative estimate of drug-likeness (QED) is 0.121. The molecule has 2 saturated heterocycles. The van der Waals surface area contributed by atoms with Gasteiger partial charge in [0.15, 0.2) is 12.6 Å². The number of methoxy groups -OCH3 is 1. The molecule has 20 atom stereocenters. The van der Waals surface area contributed by atoms with Crippen LogP contribution < -0.4 is 0 Å². The van der Waals surface area contributed by atoms with E-state index in [1.165, 1.54) is 7.11 Å². The van der Waals surface area contributed by atoms with E-state index in [-0.39, 0.29) is 49.2 Å². The molecule has 6 rings (SSSR count). The van der Waals surface area contributed by atoms with Crippen LogP contribution in [-0.2, 0) is 23.7 Å². The predicted octanol–water partition coefficient (Wildman–Crippen LogP) is 0.215. The molecule has 0 aromatic heterocycles. The Kier molecular flexibility index (Phi) is 12.5. The zero-order valence-electron chi connectivity index (χ0n) is 32.1. The molecule has 0 radical (unpaired) electrons. The summed E-state index contributed by atoms with van der Waals surface area (Å²) in [6, 6.07) is 0. The van der Waals surface area contributed by atoms with Gasteiger partial charge >= 0.3 is 0 Å². The van der Waals surface area contributed by atoms with Crippen LogP contribution in [-0.4, -0.2) is 152 Å². The molecule has 0 amide bonds. The Morgan fingerprint density at radius 1 is 0.887 bits per heavy atom. The van der Waals surface area contributed by atoms with Crippen molar-refractivity contribution < 1.29 is 69.6 Å². The second-order valence-corrected chi connectivity index (χ2v) is 18.1. The number of ether oxygens (including phenoxy) is 5. The van der Waals surface area contributed by atoms with Gasteiger partial charge in [-0.1, -0.05) is 40.7 Å². The van der Waals surface area contributed by atoms with Crippen LogP contribution in [0.2, 0.25) is 0 Å². The molecule has 3 saturated carbocycles. The summed E-state index contributed by atoms with van der Waals surface area (Å²) in [7, 11) is 1.42. The van der Waals surface area contributed by atoms with Gasteiger partial charge in [-0.05, 0) is 84.5 Å². The molecule has 0 bridgehead atoms. The second-order valence-electron chi connectivity index (χ2n) is 18.1. The Balaban J connectivity index is 1.14. The molecule has 0 aromatic rings. The molecule has 5 fully saturated rings. The van der Waals surface area contributed by atoms with Gasteiger partial charge in [0.1, 0.15) is 36.6 Å². The molecule has 0 aromatic carbocycles. The maximum absolute atomic E-state index is 12.8. The molecule has 306 valence electrons. The predicted molar refractivity (Wildman–Crippen MR) is 189 cm³/mol. The number of hydrogen-bond acceptors (Lipinski definition) is 14. The summed E-state index contributed by atoms with van der Waals surface area (Å²) in [5.74, 6) is -0.944. The molecule has 20 unspecified atom stereocenters. The fraction of sp³-hybridized carbons (Fsp3) is 0.949. The first kappa shape index (κ1) is 41.8. The fourth-order valence-electron chi connectivity index (χ4n) is 11.9. The highest BCUT2D eigenvalue weighted by Crippen LogP contribution is 2.69. The lowest BCUT2D eigenvalue weighted by Crippen LogP contribution is -2.66. The molecule has 4 aliphatic carbocycles. The fourth-order valence-corrected chi connectivity index (χ4v) is 11.9. The van der Waals surface area contributed by atoms with Crippen LogP contribution >= 0.6 is 0 Å². The van der Waals surface area contributed by atoms with Gasteiger partial charge in [0.25, 0.3) is 0 Å². The van der Waals surface area contributed by atoms with Gasteiger partial charge in [-0.2, -0.15) is 0 Å². The van der Waals surface area contributed by atoms with Crippen LogP contribution in [0.25, 0.3) is 0 Å². The Bertz CT molecular complexity index is 1280. The lowest BCUT2D eigenvalue weighted by molar-refractivity contribution is -0.285. The van der Waals surface area contributed by atoms with Crippen molar-refractivity contribution in [2.75, 3.05) is 26.9 Å². The average Bonchev–Trinajstić information content (AvgIpc) is 3.49. The number of hydrogen-bond donors (Lipinski definition) is 9. The minimum atomic E-state index is -1.43. The first-order chi connectivity index (χ1) is 24.9. The standard InChI is InChI=1S/C39H66O14/c1-18(2)20(16-50-35-32(47)29(44)25(15-40)53-35)8-7-19(3)27-30(45)31(46)34-38(27,5)12-10-26-37(4)11-9-21(13-22(37)23(41)14-39(26,34)48)52-36-33(49-6)28(43)24(42)17-51-36/h13,18-21,23-36,40-48H,7-12,14-17H2,1-6H3. The highest BCUT2D eigenvalue weighted by atomic mass is 16.7. The molecule has 6 aliphatic rings. The van der Waals surface area contributed by atoms with Crippen molar-refractivity contribution in [3.63, 3.8) is 0 Å². The molecule has 14 heteroatoms. The van der Waals surface area contributed by atoms with E-state index in [1.807, 2.05) is 6.08 Å². The van der Waals surface area contributed by atoms with E-state index in [2.05, 4.69) is 34.6 Å². The summed E-state index contributed by atoms with van der Waals surface area (Å²) in [4.78, 5) is 0. The zero-order chi connectivity index (χ0) is 38.8. The van der Waals surface area contributed by atoms with E-state index in [9.17, 15) is 46.0 Å². The smallest absolute Gasteiger partial charge is 0.187 e. The minimum absolute atomic E-state index is 0.0188. The average molecular weight is 759 g/mol. The number of aliphatic hydroxyl groups is 9. The van der Waals surface area contributed by atoms with Crippen molar-refractivity contribution in [2.24, 2.45) is 46.3 Å². The van der Waals surface area contributed by atoms with Crippen molar-refractivity contribution in [1.82, 2.24) is 0 Å². The molecule has 53 heavy (non-hydrogen) atoms. The molecule has 14 nitrogen and oxygen atoms in total. The highest BCUT2D eigenvalue weighted by molar-refractivity contribution is 5.33. The van der Waals surface area contributed by atoms with Gasteiger partial charge in [0.05, 0.1) is 49.8 Å². The molecule has 2 heterocycles. The Morgan fingerprint density at radius 2 is 1.60 bits per heavy atom. The van der Waals surface area contributed by atoms with Crippen LogP contribution in [0.15, 0.2) is 11.6 Å².